The van der Waals surface area contributed by atoms with Crippen LogP contribution in [0.4, 0.5) is 0 Å². The summed E-state index contributed by atoms with van der Waals surface area (Å²) in [7, 11) is 0. The van der Waals surface area contributed by atoms with Gasteiger partial charge in [-0.05, 0) is 22.8 Å². The highest BCUT2D eigenvalue weighted by molar-refractivity contribution is 6.23. The van der Waals surface area contributed by atoms with Gasteiger partial charge in [0.2, 0.25) is 0 Å². The lowest BCUT2D eigenvalue weighted by Gasteiger charge is -2.00. The number of nitrogens with one attached hydrogen (secondary N) is 1. The zero-order valence-electron chi connectivity index (χ0n) is 8.83. The van der Waals surface area contributed by atoms with Crippen LogP contribution in [0.25, 0.3) is 17.2 Å². The van der Waals surface area contributed by atoms with Crippen LogP contribution in [-0.4, -0.2) is 5.71 Å². The number of benzene rings is 2. The Labute approximate surface area is 94.6 Å². The number of hydrogen-bond acceptors (Lipinski definition) is 1. The van der Waals surface area contributed by atoms with Crippen molar-refractivity contribution in [2.24, 2.45) is 0 Å². The second-order valence-electron chi connectivity index (χ2n) is 3.93. The van der Waals surface area contributed by atoms with Crippen molar-refractivity contribution >= 4 is 11.8 Å². The van der Waals surface area contributed by atoms with Gasteiger partial charge in [-0.15, -0.1) is 0 Å². The molecule has 0 fully saturated rings. The highest BCUT2D eigenvalue weighted by Crippen LogP contribution is 2.36. The normalized spacial score (nSPS) is 12.1. The van der Waals surface area contributed by atoms with E-state index in [0.717, 1.165) is 27.8 Å². The van der Waals surface area contributed by atoms with Crippen molar-refractivity contribution in [3.63, 3.8) is 0 Å². The second-order valence-corrected chi connectivity index (χ2v) is 3.93. The van der Waals surface area contributed by atoms with Crippen molar-refractivity contribution in [2.75, 3.05) is 0 Å². The fourth-order valence-corrected chi connectivity index (χ4v) is 2.21. The highest BCUT2D eigenvalue weighted by atomic mass is 14.5. The van der Waals surface area contributed by atoms with E-state index >= 15 is 0 Å². The molecule has 16 heavy (non-hydrogen) atoms. The molecule has 1 aliphatic carbocycles. The van der Waals surface area contributed by atoms with E-state index in [0.29, 0.717) is 5.71 Å². The predicted molar refractivity (Wildman–Crippen MR) is 67.9 cm³/mol. The lowest BCUT2D eigenvalue weighted by molar-refractivity contribution is 1.49. The van der Waals surface area contributed by atoms with Gasteiger partial charge in [0.05, 0.1) is 5.71 Å². The molecule has 0 aromatic heterocycles. The molecule has 3 rings (SSSR count). The van der Waals surface area contributed by atoms with E-state index in [1.165, 1.54) is 0 Å². The van der Waals surface area contributed by atoms with Crippen LogP contribution in [0.3, 0.4) is 0 Å². The third-order valence-electron chi connectivity index (χ3n) is 3.04. The van der Waals surface area contributed by atoms with E-state index in [-0.39, 0.29) is 0 Å². The van der Waals surface area contributed by atoms with Crippen LogP contribution in [0.1, 0.15) is 16.7 Å². The smallest absolute Gasteiger partial charge is 0.0697 e. The Balaban J connectivity index is 2.32. The van der Waals surface area contributed by atoms with Gasteiger partial charge in [-0.1, -0.05) is 49.1 Å². The van der Waals surface area contributed by atoms with Gasteiger partial charge in [0.1, 0.15) is 0 Å². The first-order valence-corrected chi connectivity index (χ1v) is 5.26. The topological polar surface area (TPSA) is 23.9 Å². The molecule has 2 aromatic carbocycles. The van der Waals surface area contributed by atoms with Crippen molar-refractivity contribution in [1.29, 1.82) is 5.41 Å². The summed E-state index contributed by atoms with van der Waals surface area (Å²) < 4.78 is 0. The summed E-state index contributed by atoms with van der Waals surface area (Å²) in [4.78, 5) is 0. The third-order valence-corrected chi connectivity index (χ3v) is 3.04. The Morgan fingerprint density at radius 3 is 2.31 bits per heavy atom. The Bertz CT molecular complexity index is 609. The van der Waals surface area contributed by atoms with Crippen molar-refractivity contribution in [3.05, 3.63) is 65.7 Å². The minimum atomic E-state index is 0.620. The largest absolute Gasteiger partial charge is 0.300 e. The number of hydrogen-bond donors (Lipinski definition) is 1. The first-order chi connectivity index (χ1) is 7.81. The molecule has 1 aliphatic rings. The molecule has 1 N–H and O–H groups in total. The molecule has 0 spiro atoms. The molecule has 0 atom stereocenters. The SMILES string of the molecule is C=Cc1ccc2c(c1)C(=N)c1ccccc1-2. The van der Waals surface area contributed by atoms with Crippen molar-refractivity contribution < 1.29 is 0 Å². The van der Waals surface area contributed by atoms with E-state index in [1.807, 2.05) is 36.4 Å². The molecule has 0 bridgehead atoms. The molecule has 76 valence electrons. The van der Waals surface area contributed by atoms with Crippen molar-refractivity contribution in [3.8, 4) is 11.1 Å². The van der Waals surface area contributed by atoms with Gasteiger partial charge >= 0.3 is 0 Å². The standard InChI is InChI=1S/C15H11N/c1-2-10-7-8-12-11-5-3-4-6-13(11)15(16)14(12)9-10/h2-9,16H,1H2. The van der Waals surface area contributed by atoms with E-state index in [2.05, 4.69) is 18.7 Å². The van der Waals surface area contributed by atoms with Gasteiger partial charge in [0.25, 0.3) is 0 Å². The summed E-state index contributed by atoms with van der Waals surface area (Å²) >= 11 is 0. The zero-order chi connectivity index (χ0) is 11.1. The summed E-state index contributed by atoms with van der Waals surface area (Å²) in [5, 5.41) is 8.15. The molecular formula is C15H11N. The molecule has 0 aliphatic heterocycles. The number of fused-ring (bicyclic) bond motifs is 3. The lowest BCUT2D eigenvalue weighted by atomic mass is 10.0. The van der Waals surface area contributed by atoms with Gasteiger partial charge in [-0.3, -0.25) is 5.41 Å². The predicted octanol–water partition coefficient (Wildman–Crippen LogP) is 3.73. The lowest BCUT2D eigenvalue weighted by Crippen LogP contribution is -1.94. The van der Waals surface area contributed by atoms with Gasteiger partial charge in [0.15, 0.2) is 0 Å². The van der Waals surface area contributed by atoms with Crippen molar-refractivity contribution in [2.45, 2.75) is 0 Å². The van der Waals surface area contributed by atoms with Gasteiger partial charge in [-0.25, -0.2) is 0 Å². The van der Waals surface area contributed by atoms with Crippen LogP contribution < -0.4 is 0 Å². The van der Waals surface area contributed by atoms with Crippen LogP contribution in [-0.2, 0) is 0 Å². The Hall–Kier alpha value is -2.15. The minimum absolute atomic E-state index is 0.620. The molecule has 0 heterocycles. The summed E-state index contributed by atoms with van der Waals surface area (Å²) in [6.07, 6.45) is 1.82. The zero-order valence-corrected chi connectivity index (χ0v) is 8.83. The van der Waals surface area contributed by atoms with E-state index < -0.39 is 0 Å². The van der Waals surface area contributed by atoms with Crippen LogP contribution in [0.15, 0.2) is 49.0 Å². The maximum absolute atomic E-state index is 8.15. The average molecular weight is 205 g/mol. The first kappa shape index (κ1) is 9.10. The summed E-state index contributed by atoms with van der Waals surface area (Å²) in [6.45, 7) is 3.76. The maximum atomic E-state index is 8.15. The quantitative estimate of drug-likeness (QED) is 0.626. The Morgan fingerprint density at radius 1 is 0.875 bits per heavy atom. The van der Waals surface area contributed by atoms with Gasteiger partial charge < -0.3 is 0 Å². The summed E-state index contributed by atoms with van der Waals surface area (Å²) in [5.74, 6) is 0. The van der Waals surface area contributed by atoms with Crippen molar-refractivity contribution in [1.82, 2.24) is 0 Å². The Kier molecular flexibility index (Phi) is 1.80. The van der Waals surface area contributed by atoms with Gasteiger partial charge in [0, 0.05) is 11.1 Å². The summed E-state index contributed by atoms with van der Waals surface area (Å²) in [5.41, 5.74) is 6.05. The molecule has 1 nitrogen and oxygen atoms in total. The molecule has 0 radical (unpaired) electrons. The van der Waals surface area contributed by atoms with E-state index in [9.17, 15) is 0 Å². The van der Waals surface area contributed by atoms with Gasteiger partial charge in [-0.2, -0.15) is 0 Å². The molecule has 0 amide bonds. The first-order valence-electron chi connectivity index (χ1n) is 5.26. The van der Waals surface area contributed by atoms with Crippen LogP contribution in [0.5, 0.6) is 0 Å². The van der Waals surface area contributed by atoms with Crippen LogP contribution in [0.2, 0.25) is 0 Å². The molecule has 0 saturated heterocycles. The summed E-state index contributed by atoms with van der Waals surface area (Å²) in [6, 6.07) is 14.2. The second kappa shape index (κ2) is 3.17. The maximum Gasteiger partial charge on any atom is 0.0697 e. The third kappa shape index (κ3) is 1.09. The molecular weight excluding hydrogens is 194 g/mol. The van der Waals surface area contributed by atoms with Crippen LogP contribution in [0, 0.1) is 5.41 Å². The monoisotopic (exact) mass is 205 g/mol. The fourth-order valence-electron chi connectivity index (χ4n) is 2.21. The fraction of sp³-hybridized carbons (Fsp3) is 0. The van der Waals surface area contributed by atoms with E-state index in [4.69, 9.17) is 5.41 Å². The Morgan fingerprint density at radius 2 is 1.56 bits per heavy atom. The average Bonchev–Trinajstić information content (AvgIpc) is 2.64. The molecule has 1 heteroatoms. The molecule has 0 saturated carbocycles. The minimum Gasteiger partial charge on any atom is -0.300 e. The van der Waals surface area contributed by atoms with Crippen LogP contribution >= 0.6 is 0 Å². The molecule has 0 unspecified atom stereocenters. The molecule has 2 aromatic rings. The highest BCUT2D eigenvalue weighted by Gasteiger charge is 2.22. The van der Waals surface area contributed by atoms with E-state index in [1.54, 1.807) is 0 Å². The number of rotatable bonds is 1.